The molecule has 6 heteroatoms. The first-order valence-electron chi connectivity index (χ1n) is 10.3. The lowest BCUT2D eigenvalue weighted by molar-refractivity contribution is -0.134. The number of hydrogen-bond donors (Lipinski definition) is 0. The van der Waals surface area contributed by atoms with Gasteiger partial charge in [0, 0.05) is 31.7 Å². The number of piperazine rings is 1. The Morgan fingerprint density at radius 1 is 0.645 bits per heavy atom. The molecule has 1 saturated heterocycles. The van der Waals surface area contributed by atoms with Crippen LogP contribution in [0.4, 0.5) is 0 Å². The molecule has 4 rings (SSSR count). The van der Waals surface area contributed by atoms with E-state index in [0.717, 1.165) is 5.75 Å². The highest BCUT2D eigenvalue weighted by atomic mass is 16.5. The third kappa shape index (κ3) is 5.42. The van der Waals surface area contributed by atoms with Gasteiger partial charge in [0.2, 0.25) is 0 Å². The monoisotopic (exact) mass is 416 g/mol. The van der Waals surface area contributed by atoms with Gasteiger partial charge < -0.3 is 19.3 Å². The van der Waals surface area contributed by atoms with Crippen molar-refractivity contribution in [2.24, 2.45) is 0 Å². The summed E-state index contributed by atoms with van der Waals surface area (Å²) in [6.45, 7) is 2.01. The summed E-state index contributed by atoms with van der Waals surface area (Å²) in [5, 5.41) is 0. The number of hydrogen-bond acceptors (Lipinski definition) is 4. The van der Waals surface area contributed by atoms with Gasteiger partial charge in [-0.2, -0.15) is 0 Å². The Balaban J connectivity index is 1.23. The van der Waals surface area contributed by atoms with Gasteiger partial charge in [0.15, 0.2) is 6.61 Å². The van der Waals surface area contributed by atoms with E-state index in [-0.39, 0.29) is 18.4 Å². The highest BCUT2D eigenvalue weighted by molar-refractivity contribution is 5.94. The van der Waals surface area contributed by atoms with E-state index in [1.807, 2.05) is 60.7 Å². The van der Waals surface area contributed by atoms with Crippen molar-refractivity contribution in [3.63, 3.8) is 0 Å². The Morgan fingerprint density at radius 2 is 1.16 bits per heavy atom. The van der Waals surface area contributed by atoms with E-state index in [9.17, 15) is 9.59 Å². The Morgan fingerprint density at radius 3 is 1.81 bits per heavy atom. The largest absolute Gasteiger partial charge is 0.484 e. The molecule has 0 spiro atoms. The van der Waals surface area contributed by atoms with Crippen LogP contribution >= 0.6 is 0 Å². The fourth-order valence-corrected chi connectivity index (χ4v) is 3.39. The van der Waals surface area contributed by atoms with Crippen LogP contribution in [0.15, 0.2) is 84.9 Å². The van der Waals surface area contributed by atoms with Crippen molar-refractivity contribution in [2.45, 2.75) is 0 Å². The van der Waals surface area contributed by atoms with Gasteiger partial charge >= 0.3 is 0 Å². The first-order valence-corrected chi connectivity index (χ1v) is 10.3. The van der Waals surface area contributed by atoms with Crippen LogP contribution in [-0.2, 0) is 4.79 Å². The van der Waals surface area contributed by atoms with Gasteiger partial charge in [0.05, 0.1) is 0 Å². The number of amides is 2. The van der Waals surface area contributed by atoms with Gasteiger partial charge in [-0.25, -0.2) is 0 Å². The molecule has 1 fully saturated rings. The third-order valence-corrected chi connectivity index (χ3v) is 5.11. The van der Waals surface area contributed by atoms with Crippen molar-refractivity contribution in [3.8, 4) is 17.2 Å². The molecule has 31 heavy (non-hydrogen) atoms. The minimum atomic E-state index is -0.0866. The molecule has 0 bridgehead atoms. The summed E-state index contributed by atoms with van der Waals surface area (Å²) in [5.74, 6) is 1.98. The Hall–Kier alpha value is -3.80. The zero-order valence-corrected chi connectivity index (χ0v) is 17.1. The molecule has 0 radical (unpaired) electrons. The first kappa shape index (κ1) is 20.5. The third-order valence-electron chi connectivity index (χ3n) is 5.11. The molecule has 3 aromatic rings. The topological polar surface area (TPSA) is 59.1 Å². The first-order chi connectivity index (χ1) is 15.2. The Labute approximate surface area is 181 Å². The van der Waals surface area contributed by atoms with E-state index >= 15 is 0 Å². The van der Waals surface area contributed by atoms with Crippen LogP contribution in [0.1, 0.15) is 10.4 Å². The van der Waals surface area contributed by atoms with E-state index in [0.29, 0.717) is 43.2 Å². The van der Waals surface area contributed by atoms with Crippen molar-refractivity contribution < 1.29 is 19.1 Å². The maximum absolute atomic E-state index is 12.5. The number of nitrogens with zero attached hydrogens (tertiary/aromatic N) is 2. The van der Waals surface area contributed by atoms with Crippen LogP contribution in [0, 0.1) is 0 Å². The minimum Gasteiger partial charge on any atom is -0.484 e. The molecular weight excluding hydrogens is 392 g/mol. The number of benzene rings is 3. The summed E-state index contributed by atoms with van der Waals surface area (Å²) in [6, 6.07) is 25.9. The van der Waals surface area contributed by atoms with Crippen LogP contribution < -0.4 is 9.47 Å². The van der Waals surface area contributed by atoms with Crippen LogP contribution in [0.5, 0.6) is 17.2 Å². The van der Waals surface area contributed by atoms with Gasteiger partial charge in [-0.05, 0) is 48.5 Å². The molecule has 0 aliphatic carbocycles. The molecule has 2 amide bonds. The second-order valence-corrected chi connectivity index (χ2v) is 7.21. The lowest BCUT2D eigenvalue weighted by Crippen LogP contribution is -2.51. The number of rotatable bonds is 6. The number of carbonyl (C=O) groups excluding carboxylic acids is 2. The van der Waals surface area contributed by atoms with Crippen LogP contribution in [0.25, 0.3) is 0 Å². The fraction of sp³-hybridized carbons (Fsp3) is 0.200. The van der Waals surface area contributed by atoms with Crippen LogP contribution in [0.2, 0.25) is 0 Å². The van der Waals surface area contributed by atoms with Gasteiger partial charge in [-0.15, -0.1) is 0 Å². The molecule has 6 nitrogen and oxygen atoms in total. The van der Waals surface area contributed by atoms with Gasteiger partial charge in [-0.1, -0.05) is 36.4 Å². The minimum absolute atomic E-state index is 0.00163. The summed E-state index contributed by atoms with van der Waals surface area (Å²) in [6.07, 6.45) is 0. The summed E-state index contributed by atoms with van der Waals surface area (Å²) in [5.41, 5.74) is 0.672. The zero-order valence-electron chi connectivity index (χ0n) is 17.1. The summed E-state index contributed by atoms with van der Waals surface area (Å²) >= 11 is 0. The highest BCUT2D eigenvalue weighted by Gasteiger charge is 2.24. The molecule has 1 aliphatic rings. The van der Waals surface area contributed by atoms with Crippen LogP contribution in [-0.4, -0.2) is 54.4 Å². The van der Waals surface area contributed by atoms with Crippen LogP contribution in [0.3, 0.4) is 0 Å². The predicted molar refractivity (Wildman–Crippen MR) is 117 cm³/mol. The summed E-state index contributed by atoms with van der Waals surface area (Å²) in [7, 11) is 0. The molecule has 1 heterocycles. The van der Waals surface area contributed by atoms with Gasteiger partial charge in [-0.3, -0.25) is 9.59 Å². The maximum atomic E-state index is 12.5. The van der Waals surface area contributed by atoms with Crippen molar-refractivity contribution in [2.75, 3.05) is 32.8 Å². The molecule has 1 aliphatic heterocycles. The quantitative estimate of drug-likeness (QED) is 0.613. The predicted octanol–water partition coefficient (Wildman–Crippen LogP) is 3.84. The average Bonchev–Trinajstić information content (AvgIpc) is 2.84. The second kappa shape index (κ2) is 9.80. The van der Waals surface area contributed by atoms with E-state index in [4.69, 9.17) is 9.47 Å². The van der Waals surface area contributed by atoms with E-state index in [1.54, 1.807) is 34.1 Å². The zero-order chi connectivity index (χ0) is 21.5. The van der Waals surface area contributed by atoms with Crippen molar-refractivity contribution in [1.82, 2.24) is 9.80 Å². The summed E-state index contributed by atoms with van der Waals surface area (Å²) < 4.78 is 11.4. The highest BCUT2D eigenvalue weighted by Crippen LogP contribution is 2.23. The lowest BCUT2D eigenvalue weighted by Gasteiger charge is -2.34. The van der Waals surface area contributed by atoms with Gasteiger partial charge in [0.25, 0.3) is 11.8 Å². The molecule has 0 atom stereocenters. The second-order valence-electron chi connectivity index (χ2n) is 7.21. The van der Waals surface area contributed by atoms with E-state index in [2.05, 4.69) is 0 Å². The van der Waals surface area contributed by atoms with E-state index < -0.39 is 0 Å². The maximum Gasteiger partial charge on any atom is 0.260 e. The molecule has 3 aromatic carbocycles. The Kier molecular flexibility index (Phi) is 6.47. The average molecular weight is 416 g/mol. The number of ether oxygens (including phenoxy) is 2. The molecule has 0 unspecified atom stereocenters. The van der Waals surface area contributed by atoms with E-state index in [1.165, 1.54) is 0 Å². The van der Waals surface area contributed by atoms with Crippen molar-refractivity contribution >= 4 is 11.8 Å². The molecule has 0 N–H and O–H groups in total. The normalized spacial score (nSPS) is 13.5. The fourth-order valence-electron chi connectivity index (χ4n) is 3.39. The number of carbonyl (C=O) groups is 2. The standard InChI is InChI=1S/C25H24N2O4/c28-24(26-15-17-27(18-16-26)25(29)20-7-3-1-4-8-20)19-30-21-11-13-23(14-12-21)31-22-9-5-2-6-10-22/h1-14H,15-19H2. The molecular formula is C25H24N2O4. The summed E-state index contributed by atoms with van der Waals surface area (Å²) in [4.78, 5) is 28.5. The molecule has 0 aromatic heterocycles. The lowest BCUT2D eigenvalue weighted by atomic mass is 10.2. The van der Waals surface area contributed by atoms with Crippen molar-refractivity contribution in [3.05, 3.63) is 90.5 Å². The number of para-hydroxylation sites is 1. The Bertz CT molecular complexity index is 999. The van der Waals surface area contributed by atoms with Gasteiger partial charge in [0.1, 0.15) is 17.2 Å². The SMILES string of the molecule is O=C(COc1ccc(Oc2ccccc2)cc1)N1CCN(C(=O)c2ccccc2)CC1. The van der Waals surface area contributed by atoms with Crippen molar-refractivity contribution in [1.29, 1.82) is 0 Å². The molecule has 0 saturated carbocycles. The smallest absolute Gasteiger partial charge is 0.260 e. The molecule has 158 valence electrons.